The van der Waals surface area contributed by atoms with Crippen LogP contribution in [0.3, 0.4) is 0 Å². The van der Waals surface area contributed by atoms with Crippen molar-refractivity contribution in [1.29, 1.82) is 0 Å². The predicted molar refractivity (Wildman–Crippen MR) is 75.1 cm³/mol. The van der Waals surface area contributed by atoms with Gasteiger partial charge in [-0.25, -0.2) is 0 Å². The molecule has 19 heavy (non-hydrogen) atoms. The van der Waals surface area contributed by atoms with Crippen LogP contribution in [0.2, 0.25) is 5.02 Å². The zero-order valence-corrected chi connectivity index (χ0v) is 11.4. The number of nitrogens with one attached hydrogen (secondary N) is 1. The first-order valence-corrected chi connectivity index (χ1v) is 6.27. The maximum absolute atomic E-state index is 11.8. The van der Waals surface area contributed by atoms with Gasteiger partial charge < -0.3 is 9.73 Å². The van der Waals surface area contributed by atoms with Gasteiger partial charge in [0.15, 0.2) is 0 Å². The maximum atomic E-state index is 11.8. The van der Waals surface area contributed by atoms with Gasteiger partial charge in [-0.15, -0.1) is 0 Å². The third-order valence-electron chi connectivity index (χ3n) is 2.55. The standard InChI is InChI=1S/C14H15ClN2O2/c1-17(9-13-3-2-8-19-13)10-14(18)16-12-6-4-11(15)5-7-12/h2-8H,9-10H2,1H3,(H,16,18). The molecule has 1 aromatic carbocycles. The number of likely N-dealkylation sites (N-methyl/N-ethyl adjacent to an activating group) is 1. The number of hydrogen-bond donors (Lipinski definition) is 1. The van der Waals surface area contributed by atoms with E-state index in [0.717, 1.165) is 11.4 Å². The molecule has 5 heteroatoms. The molecule has 0 aliphatic heterocycles. The highest BCUT2D eigenvalue weighted by atomic mass is 35.5. The Labute approximate surface area is 117 Å². The normalized spacial score (nSPS) is 10.7. The number of furan rings is 1. The van der Waals surface area contributed by atoms with Gasteiger partial charge in [-0.2, -0.15) is 0 Å². The summed E-state index contributed by atoms with van der Waals surface area (Å²) in [4.78, 5) is 13.7. The number of anilines is 1. The van der Waals surface area contributed by atoms with Crippen LogP contribution in [0.15, 0.2) is 47.1 Å². The summed E-state index contributed by atoms with van der Waals surface area (Å²) in [5.41, 5.74) is 0.737. The van der Waals surface area contributed by atoms with Gasteiger partial charge in [-0.05, 0) is 43.4 Å². The lowest BCUT2D eigenvalue weighted by Gasteiger charge is -2.14. The molecular weight excluding hydrogens is 264 g/mol. The van der Waals surface area contributed by atoms with E-state index in [-0.39, 0.29) is 5.91 Å². The number of benzene rings is 1. The first-order valence-electron chi connectivity index (χ1n) is 5.90. The highest BCUT2D eigenvalue weighted by Crippen LogP contribution is 2.13. The number of amides is 1. The molecule has 1 heterocycles. The van der Waals surface area contributed by atoms with Crippen LogP contribution in [-0.2, 0) is 11.3 Å². The van der Waals surface area contributed by atoms with Gasteiger partial charge in [0.25, 0.3) is 0 Å². The molecule has 0 atom stereocenters. The smallest absolute Gasteiger partial charge is 0.238 e. The molecule has 0 aliphatic carbocycles. The van der Waals surface area contributed by atoms with Crippen LogP contribution < -0.4 is 5.32 Å². The zero-order valence-electron chi connectivity index (χ0n) is 10.6. The number of hydrogen-bond acceptors (Lipinski definition) is 3. The molecule has 0 unspecified atom stereocenters. The van der Waals surface area contributed by atoms with E-state index in [1.807, 2.05) is 24.1 Å². The zero-order chi connectivity index (χ0) is 13.7. The van der Waals surface area contributed by atoms with Gasteiger partial charge in [-0.1, -0.05) is 11.6 Å². The van der Waals surface area contributed by atoms with Crippen molar-refractivity contribution in [3.8, 4) is 0 Å². The second-order valence-corrected chi connectivity index (χ2v) is 4.74. The van der Waals surface area contributed by atoms with Crippen molar-refractivity contribution >= 4 is 23.2 Å². The highest BCUT2D eigenvalue weighted by molar-refractivity contribution is 6.30. The summed E-state index contributed by atoms with van der Waals surface area (Å²) in [6.45, 7) is 0.893. The number of nitrogens with zero attached hydrogens (tertiary/aromatic N) is 1. The fraction of sp³-hybridized carbons (Fsp3) is 0.214. The topological polar surface area (TPSA) is 45.5 Å². The lowest BCUT2D eigenvalue weighted by molar-refractivity contribution is -0.117. The molecule has 0 spiro atoms. The van der Waals surface area contributed by atoms with Crippen molar-refractivity contribution in [2.45, 2.75) is 6.54 Å². The Kier molecular flexibility index (Phi) is 4.60. The molecule has 1 aromatic heterocycles. The molecule has 0 saturated heterocycles. The summed E-state index contributed by atoms with van der Waals surface area (Å²) in [7, 11) is 1.87. The fourth-order valence-corrected chi connectivity index (χ4v) is 1.83. The summed E-state index contributed by atoms with van der Waals surface area (Å²) in [6.07, 6.45) is 1.62. The van der Waals surface area contributed by atoms with Crippen molar-refractivity contribution in [3.05, 3.63) is 53.4 Å². The lowest BCUT2D eigenvalue weighted by Crippen LogP contribution is -2.29. The average molecular weight is 279 g/mol. The van der Waals surface area contributed by atoms with Crippen LogP contribution in [0, 0.1) is 0 Å². The van der Waals surface area contributed by atoms with Gasteiger partial charge in [0.05, 0.1) is 19.4 Å². The lowest BCUT2D eigenvalue weighted by atomic mass is 10.3. The molecule has 1 N–H and O–H groups in total. The Morgan fingerprint density at radius 3 is 2.68 bits per heavy atom. The second kappa shape index (κ2) is 6.41. The molecule has 0 fully saturated rings. The van der Waals surface area contributed by atoms with E-state index in [0.29, 0.717) is 18.1 Å². The van der Waals surface area contributed by atoms with Crippen LogP contribution in [0.5, 0.6) is 0 Å². The van der Waals surface area contributed by atoms with E-state index in [1.165, 1.54) is 0 Å². The van der Waals surface area contributed by atoms with Crippen molar-refractivity contribution < 1.29 is 9.21 Å². The molecule has 0 aliphatic rings. The minimum absolute atomic E-state index is 0.0728. The van der Waals surface area contributed by atoms with Crippen LogP contribution in [0.1, 0.15) is 5.76 Å². The van der Waals surface area contributed by atoms with E-state index < -0.39 is 0 Å². The Bertz CT molecular complexity index is 523. The molecule has 0 bridgehead atoms. The molecule has 2 rings (SSSR count). The summed E-state index contributed by atoms with van der Waals surface area (Å²) in [5, 5.41) is 3.46. The molecule has 1 amide bonds. The Morgan fingerprint density at radius 2 is 2.05 bits per heavy atom. The fourth-order valence-electron chi connectivity index (χ4n) is 1.70. The van der Waals surface area contributed by atoms with Gasteiger partial charge >= 0.3 is 0 Å². The van der Waals surface area contributed by atoms with E-state index in [2.05, 4.69) is 5.32 Å². The minimum Gasteiger partial charge on any atom is -0.468 e. The van der Waals surface area contributed by atoms with Gasteiger partial charge in [0, 0.05) is 10.7 Å². The van der Waals surface area contributed by atoms with Crippen LogP contribution >= 0.6 is 11.6 Å². The van der Waals surface area contributed by atoms with Crippen molar-refractivity contribution in [2.75, 3.05) is 18.9 Å². The Hall–Kier alpha value is -1.78. The van der Waals surface area contributed by atoms with E-state index in [9.17, 15) is 4.79 Å². The molecular formula is C14H15ClN2O2. The third-order valence-corrected chi connectivity index (χ3v) is 2.80. The van der Waals surface area contributed by atoms with Gasteiger partial charge in [-0.3, -0.25) is 9.69 Å². The van der Waals surface area contributed by atoms with Crippen LogP contribution in [0.4, 0.5) is 5.69 Å². The highest BCUT2D eigenvalue weighted by Gasteiger charge is 2.08. The van der Waals surface area contributed by atoms with E-state index >= 15 is 0 Å². The quantitative estimate of drug-likeness (QED) is 0.914. The average Bonchev–Trinajstić information content (AvgIpc) is 2.84. The maximum Gasteiger partial charge on any atom is 0.238 e. The SMILES string of the molecule is CN(CC(=O)Nc1ccc(Cl)cc1)Cc1ccco1. The first-order chi connectivity index (χ1) is 9.13. The molecule has 2 aromatic rings. The predicted octanol–water partition coefficient (Wildman–Crippen LogP) is 3.00. The van der Waals surface area contributed by atoms with Crippen LogP contribution in [0.25, 0.3) is 0 Å². The van der Waals surface area contributed by atoms with Gasteiger partial charge in [0.1, 0.15) is 5.76 Å². The summed E-state index contributed by atoms with van der Waals surface area (Å²) in [5.74, 6) is 0.762. The number of carbonyl (C=O) groups is 1. The number of halogens is 1. The van der Waals surface area contributed by atoms with E-state index in [1.54, 1.807) is 30.5 Å². The van der Waals surface area contributed by atoms with E-state index in [4.69, 9.17) is 16.0 Å². The largest absolute Gasteiger partial charge is 0.468 e. The minimum atomic E-state index is -0.0728. The number of rotatable bonds is 5. The van der Waals surface area contributed by atoms with Crippen molar-refractivity contribution in [2.24, 2.45) is 0 Å². The van der Waals surface area contributed by atoms with Crippen molar-refractivity contribution in [1.82, 2.24) is 4.90 Å². The van der Waals surface area contributed by atoms with Gasteiger partial charge in [0.2, 0.25) is 5.91 Å². The molecule has 100 valence electrons. The monoisotopic (exact) mass is 278 g/mol. The summed E-state index contributed by atoms with van der Waals surface area (Å²) in [6, 6.07) is 10.7. The first kappa shape index (κ1) is 13.6. The molecule has 0 saturated carbocycles. The molecule has 4 nitrogen and oxygen atoms in total. The number of carbonyl (C=O) groups excluding carboxylic acids is 1. The third kappa shape index (κ3) is 4.43. The van der Waals surface area contributed by atoms with Crippen molar-refractivity contribution in [3.63, 3.8) is 0 Å². The van der Waals surface area contributed by atoms with Crippen LogP contribution in [-0.4, -0.2) is 24.4 Å². The Morgan fingerprint density at radius 1 is 1.32 bits per heavy atom. The summed E-state index contributed by atoms with van der Waals surface area (Å²) < 4.78 is 5.23. The summed E-state index contributed by atoms with van der Waals surface area (Å²) >= 11 is 5.78. The Balaban J connectivity index is 1.82. The second-order valence-electron chi connectivity index (χ2n) is 4.31. The molecule has 0 radical (unpaired) electrons.